The Labute approximate surface area is 117 Å². The number of halogens is 5. The van der Waals surface area contributed by atoms with E-state index in [-0.39, 0.29) is 26.3 Å². The average molecular weight is 421 g/mol. The molecule has 2 nitrogen and oxygen atoms in total. The van der Waals surface area contributed by atoms with Crippen molar-refractivity contribution in [1.82, 2.24) is 0 Å². The van der Waals surface area contributed by atoms with E-state index in [1.54, 1.807) is 0 Å². The molecule has 92 valence electrons. The van der Waals surface area contributed by atoms with E-state index in [1.165, 1.54) is 22.6 Å². The lowest BCUT2D eigenvalue weighted by Crippen LogP contribution is -2.13. The highest BCUT2D eigenvalue weighted by Crippen LogP contribution is 2.35. The molecule has 0 aliphatic carbocycles. The van der Waals surface area contributed by atoms with Gasteiger partial charge in [-0.2, -0.15) is 13.2 Å². The van der Waals surface area contributed by atoms with Gasteiger partial charge in [-0.25, -0.2) is 0 Å². The van der Waals surface area contributed by atoms with E-state index in [4.69, 9.17) is 0 Å². The highest BCUT2D eigenvalue weighted by Gasteiger charge is 2.35. The molecule has 1 rings (SSSR count). The highest BCUT2D eigenvalue weighted by molar-refractivity contribution is 14.1. The molecule has 0 amide bonds. The second-order valence-corrected chi connectivity index (χ2v) is 4.74. The van der Waals surface area contributed by atoms with Crippen LogP contribution in [0, 0.1) is 3.57 Å². The van der Waals surface area contributed by atoms with E-state index >= 15 is 0 Å². The number of alkyl halides is 4. The molecule has 1 aromatic carbocycles. The number of carbonyl (C=O) groups excluding carboxylic acids is 2. The number of hydrogen-bond donors (Lipinski definition) is 0. The largest absolute Gasteiger partial charge is 0.417 e. The number of carbonyl (C=O) groups is 2. The predicted molar refractivity (Wildman–Crippen MR) is 67.7 cm³/mol. The van der Waals surface area contributed by atoms with Crippen LogP contribution < -0.4 is 0 Å². The second kappa shape index (κ2) is 5.47. The Kier molecular flexibility index (Phi) is 4.70. The van der Waals surface area contributed by atoms with Crippen LogP contribution in [-0.4, -0.2) is 17.4 Å². The van der Waals surface area contributed by atoms with Gasteiger partial charge in [-0.3, -0.25) is 9.59 Å². The zero-order valence-electron chi connectivity index (χ0n) is 8.15. The fourth-order valence-corrected chi connectivity index (χ4v) is 2.42. The molecule has 0 aliphatic rings. The van der Waals surface area contributed by atoms with Crippen molar-refractivity contribution in [2.45, 2.75) is 6.18 Å². The van der Waals surface area contributed by atoms with E-state index in [9.17, 15) is 22.8 Å². The van der Waals surface area contributed by atoms with E-state index < -0.39 is 17.5 Å². The topological polar surface area (TPSA) is 34.1 Å². The smallest absolute Gasteiger partial charge is 0.298 e. The molecule has 0 N–H and O–H groups in total. The van der Waals surface area contributed by atoms with Crippen molar-refractivity contribution in [3.8, 4) is 0 Å². The summed E-state index contributed by atoms with van der Waals surface area (Å²) < 4.78 is 37.8. The minimum Gasteiger partial charge on any atom is -0.298 e. The van der Waals surface area contributed by atoms with Gasteiger partial charge >= 0.3 is 6.18 Å². The first-order valence-electron chi connectivity index (χ1n) is 4.26. The van der Waals surface area contributed by atoms with Gasteiger partial charge in [0.2, 0.25) is 0 Å². The minimum atomic E-state index is -4.59. The SMILES string of the molecule is O=Cc1cc(C(=O)CBr)c(I)c(C(F)(F)F)c1. The number of benzene rings is 1. The summed E-state index contributed by atoms with van der Waals surface area (Å²) in [6, 6.07) is 1.90. The van der Waals surface area contributed by atoms with Crippen LogP contribution in [0.15, 0.2) is 12.1 Å². The zero-order chi connectivity index (χ0) is 13.2. The van der Waals surface area contributed by atoms with E-state index in [0.717, 1.165) is 12.1 Å². The average Bonchev–Trinajstić information content (AvgIpc) is 2.26. The van der Waals surface area contributed by atoms with Crippen molar-refractivity contribution in [3.63, 3.8) is 0 Å². The Morgan fingerprint density at radius 1 is 1.41 bits per heavy atom. The van der Waals surface area contributed by atoms with Crippen LogP contribution in [0.5, 0.6) is 0 Å². The molecule has 0 spiro atoms. The van der Waals surface area contributed by atoms with Gasteiger partial charge < -0.3 is 0 Å². The maximum Gasteiger partial charge on any atom is 0.417 e. The Balaban J connectivity index is 3.52. The summed E-state index contributed by atoms with van der Waals surface area (Å²) in [5, 5.41) is -0.0946. The third-order valence-electron chi connectivity index (χ3n) is 1.96. The summed E-state index contributed by atoms with van der Waals surface area (Å²) in [5.41, 5.74) is -1.23. The highest BCUT2D eigenvalue weighted by atomic mass is 127. The lowest BCUT2D eigenvalue weighted by atomic mass is 10.0. The van der Waals surface area contributed by atoms with Crippen molar-refractivity contribution >= 4 is 50.6 Å². The van der Waals surface area contributed by atoms with Crippen LogP contribution in [0.4, 0.5) is 13.2 Å². The predicted octanol–water partition coefficient (Wildman–Crippen LogP) is 3.70. The second-order valence-electron chi connectivity index (χ2n) is 3.10. The third-order valence-corrected chi connectivity index (χ3v) is 3.63. The van der Waals surface area contributed by atoms with Gasteiger partial charge in [0.05, 0.1) is 10.9 Å². The fraction of sp³-hybridized carbons (Fsp3) is 0.200. The molecular weight excluding hydrogens is 416 g/mol. The summed E-state index contributed by atoms with van der Waals surface area (Å²) in [4.78, 5) is 22.0. The molecular formula is C10H5BrF3IO2. The van der Waals surface area contributed by atoms with Crippen LogP contribution in [0.3, 0.4) is 0 Å². The molecule has 0 aliphatic heterocycles. The molecule has 0 heterocycles. The Hall–Kier alpha value is -0.440. The van der Waals surface area contributed by atoms with Gasteiger partial charge in [-0.1, -0.05) is 15.9 Å². The van der Waals surface area contributed by atoms with Gasteiger partial charge in [0.1, 0.15) is 6.29 Å². The monoisotopic (exact) mass is 420 g/mol. The first kappa shape index (κ1) is 14.6. The quantitative estimate of drug-likeness (QED) is 0.323. The molecule has 1 aromatic rings. The summed E-state index contributed by atoms with van der Waals surface area (Å²) in [7, 11) is 0. The normalized spacial score (nSPS) is 11.4. The Bertz CT molecular complexity index is 471. The first-order chi connectivity index (χ1) is 7.81. The standard InChI is InChI=1S/C10H5BrF3IO2/c11-3-8(17)6-1-5(4-16)2-7(9(6)15)10(12,13)14/h1-2,4H,3H2. The summed E-state index contributed by atoms with van der Waals surface area (Å²) in [6.07, 6.45) is -4.30. The molecule has 7 heteroatoms. The summed E-state index contributed by atoms with van der Waals surface area (Å²) in [6.45, 7) is 0. The van der Waals surface area contributed by atoms with Gasteiger partial charge in [0, 0.05) is 14.7 Å². The zero-order valence-corrected chi connectivity index (χ0v) is 11.9. The number of Topliss-reactive ketones (excluding diaryl/α,β-unsaturated/α-hetero) is 1. The maximum absolute atomic E-state index is 12.7. The molecule has 0 aromatic heterocycles. The van der Waals surface area contributed by atoms with Crippen molar-refractivity contribution in [1.29, 1.82) is 0 Å². The van der Waals surface area contributed by atoms with Gasteiger partial charge in [0.25, 0.3) is 0 Å². The molecule has 0 saturated carbocycles. The van der Waals surface area contributed by atoms with Crippen molar-refractivity contribution in [2.24, 2.45) is 0 Å². The number of aldehydes is 1. The lowest BCUT2D eigenvalue weighted by Gasteiger charge is -2.12. The molecule has 0 unspecified atom stereocenters. The number of rotatable bonds is 3. The van der Waals surface area contributed by atoms with Crippen LogP contribution in [0.1, 0.15) is 26.3 Å². The number of hydrogen-bond acceptors (Lipinski definition) is 2. The first-order valence-corrected chi connectivity index (χ1v) is 6.46. The molecule has 17 heavy (non-hydrogen) atoms. The summed E-state index contributed by atoms with van der Waals surface area (Å²) in [5.74, 6) is -0.497. The van der Waals surface area contributed by atoms with Crippen molar-refractivity contribution in [3.05, 3.63) is 32.4 Å². The van der Waals surface area contributed by atoms with Crippen LogP contribution >= 0.6 is 38.5 Å². The van der Waals surface area contributed by atoms with Gasteiger partial charge in [0.15, 0.2) is 5.78 Å². The molecule has 0 radical (unpaired) electrons. The Morgan fingerprint density at radius 2 is 2.00 bits per heavy atom. The van der Waals surface area contributed by atoms with Gasteiger partial charge in [-0.05, 0) is 34.7 Å². The lowest BCUT2D eigenvalue weighted by molar-refractivity contribution is -0.138. The Morgan fingerprint density at radius 3 is 2.41 bits per heavy atom. The van der Waals surface area contributed by atoms with Crippen molar-refractivity contribution in [2.75, 3.05) is 5.33 Å². The number of ketones is 1. The summed E-state index contributed by atoms with van der Waals surface area (Å²) >= 11 is 4.34. The van der Waals surface area contributed by atoms with Crippen LogP contribution in [-0.2, 0) is 6.18 Å². The fourth-order valence-electron chi connectivity index (χ4n) is 1.20. The molecule has 0 fully saturated rings. The van der Waals surface area contributed by atoms with Crippen LogP contribution in [0.25, 0.3) is 0 Å². The molecule has 0 bridgehead atoms. The minimum absolute atomic E-state index is 0.0946. The third kappa shape index (κ3) is 3.27. The molecule has 0 saturated heterocycles. The van der Waals surface area contributed by atoms with Crippen LogP contribution in [0.2, 0.25) is 0 Å². The molecule has 0 atom stereocenters. The maximum atomic E-state index is 12.7. The van der Waals surface area contributed by atoms with Gasteiger partial charge in [-0.15, -0.1) is 0 Å². The van der Waals surface area contributed by atoms with E-state index in [0.29, 0.717) is 0 Å². The van der Waals surface area contributed by atoms with E-state index in [1.807, 2.05) is 0 Å². The van der Waals surface area contributed by atoms with E-state index in [2.05, 4.69) is 15.9 Å². The van der Waals surface area contributed by atoms with Crippen molar-refractivity contribution < 1.29 is 22.8 Å².